The van der Waals surface area contributed by atoms with Crippen LogP contribution in [0.2, 0.25) is 0 Å². The van der Waals surface area contributed by atoms with Gasteiger partial charge in [-0.25, -0.2) is 4.79 Å². The molecule has 0 radical (unpaired) electrons. The summed E-state index contributed by atoms with van der Waals surface area (Å²) >= 11 is 0. The van der Waals surface area contributed by atoms with Crippen molar-refractivity contribution >= 4 is 17.7 Å². The first-order valence-electron chi connectivity index (χ1n) is 8.17. The van der Waals surface area contributed by atoms with Crippen LogP contribution >= 0.6 is 0 Å². The van der Waals surface area contributed by atoms with Crippen LogP contribution in [0, 0.1) is 11.3 Å². The fourth-order valence-corrected chi connectivity index (χ4v) is 3.17. The van der Waals surface area contributed by atoms with Crippen molar-refractivity contribution in [2.24, 2.45) is 11.3 Å². The maximum atomic E-state index is 12.6. The van der Waals surface area contributed by atoms with E-state index < -0.39 is 6.09 Å². The molecule has 1 aromatic carbocycles. The van der Waals surface area contributed by atoms with Gasteiger partial charge in [0.15, 0.2) is 0 Å². The molecule has 0 aliphatic carbocycles. The maximum Gasteiger partial charge on any atom is 0.407 e. The van der Waals surface area contributed by atoms with Gasteiger partial charge in [0.05, 0.1) is 7.11 Å². The number of hydrogen-bond acceptors (Lipinski definition) is 3. The minimum absolute atomic E-state index is 0.0561. The number of rotatable bonds is 3. The lowest BCUT2D eigenvalue weighted by Gasteiger charge is -2.44. The van der Waals surface area contributed by atoms with Gasteiger partial charge >= 0.3 is 6.09 Å². The van der Waals surface area contributed by atoms with Crippen LogP contribution in [0.5, 0.6) is 5.75 Å². The van der Waals surface area contributed by atoms with Gasteiger partial charge in [0.25, 0.3) is 0 Å². The molecule has 2 N–H and O–H groups in total. The Balaban J connectivity index is 2.05. The Labute approximate surface area is 142 Å². The highest BCUT2D eigenvalue weighted by Gasteiger charge is 2.40. The number of benzene rings is 1. The average molecular weight is 334 g/mol. The lowest BCUT2D eigenvalue weighted by atomic mass is 9.77. The van der Waals surface area contributed by atoms with E-state index in [0.29, 0.717) is 25.1 Å². The van der Waals surface area contributed by atoms with E-state index in [9.17, 15) is 14.7 Å². The molecule has 0 saturated carbocycles. The maximum absolute atomic E-state index is 12.6. The van der Waals surface area contributed by atoms with Gasteiger partial charge < -0.3 is 20.1 Å². The third-order valence-corrected chi connectivity index (χ3v) is 4.58. The number of carbonyl (C=O) groups excluding carboxylic acids is 1. The Morgan fingerprint density at radius 3 is 2.38 bits per heavy atom. The van der Waals surface area contributed by atoms with Crippen LogP contribution < -0.4 is 10.1 Å². The monoisotopic (exact) mass is 334 g/mol. The van der Waals surface area contributed by atoms with Gasteiger partial charge in [-0.15, -0.1) is 0 Å². The zero-order chi connectivity index (χ0) is 17.9. The summed E-state index contributed by atoms with van der Waals surface area (Å²) in [6.45, 7) is 6.42. The number of methoxy groups -OCH3 is 1. The standard InChI is InChI=1S/C18H26N2O4/c1-18(2,3)15-11-12(9-10-20(15)17(22)23)16(21)19-13-5-7-14(24-4)8-6-13/h5-8,12,15H,9-11H2,1-4H3,(H,19,21)(H,22,23). The van der Waals surface area contributed by atoms with Crippen LogP contribution in [0.3, 0.4) is 0 Å². The Morgan fingerprint density at radius 2 is 1.88 bits per heavy atom. The van der Waals surface area contributed by atoms with Gasteiger partial charge in [-0.05, 0) is 42.5 Å². The molecule has 1 fully saturated rings. The molecule has 1 aliphatic heterocycles. The fourth-order valence-electron chi connectivity index (χ4n) is 3.17. The number of amides is 2. The minimum Gasteiger partial charge on any atom is -0.497 e. The SMILES string of the molecule is COc1ccc(NC(=O)C2CCN(C(=O)O)C(C(C)(C)C)C2)cc1. The second-order valence-electron chi connectivity index (χ2n) is 7.30. The summed E-state index contributed by atoms with van der Waals surface area (Å²) in [4.78, 5) is 25.5. The van der Waals surface area contributed by atoms with Crippen LogP contribution in [0.4, 0.5) is 10.5 Å². The summed E-state index contributed by atoms with van der Waals surface area (Å²) in [5, 5.41) is 12.3. The lowest BCUT2D eigenvalue weighted by molar-refractivity contribution is -0.122. The molecule has 6 heteroatoms. The van der Waals surface area contributed by atoms with E-state index in [1.807, 2.05) is 20.8 Å². The molecule has 1 heterocycles. The fraction of sp³-hybridized carbons (Fsp3) is 0.556. The molecule has 24 heavy (non-hydrogen) atoms. The predicted octanol–water partition coefficient (Wildman–Crippen LogP) is 3.44. The molecule has 6 nitrogen and oxygen atoms in total. The second kappa shape index (κ2) is 7.11. The number of anilines is 1. The van der Waals surface area contributed by atoms with Crippen LogP contribution in [-0.2, 0) is 4.79 Å². The van der Waals surface area contributed by atoms with Crippen molar-refractivity contribution in [2.75, 3.05) is 19.0 Å². The van der Waals surface area contributed by atoms with Crippen LogP contribution in [0.25, 0.3) is 0 Å². The number of likely N-dealkylation sites (tertiary alicyclic amines) is 1. The van der Waals surface area contributed by atoms with Crippen molar-refractivity contribution in [1.29, 1.82) is 0 Å². The third kappa shape index (κ3) is 4.19. The molecule has 2 amide bonds. The molecule has 2 unspecified atom stereocenters. The van der Waals surface area contributed by atoms with Crippen molar-refractivity contribution in [3.05, 3.63) is 24.3 Å². The van der Waals surface area contributed by atoms with Gasteiger partial charge in [0.1, 0.15) is 5.75 Å². The molecule has 2 atom stereocenters. The summed E-state index contributed by atoms with van der Waals surface area (Å²) in [5.74, 6) is 0.488. The van der Waals surface area contributed by atoms with E-state index >= 15 is 0 Å². The first kappa shape index (κ1) is 18.1. The second-order valence-corrected chi connectivity index (χ2v) is 7.30. The highest BCUT2D eigenvalue weighted by atomic mass is 16.5. The van der Waals surface area contributed by atoms with Crippen LogP contribution in [0.15, 0.2) is 24.3 Å². The molecular weight excluding hydrogens is 308 g/mol. The Morgan fingerprint density at radius 1 is 1.25 bits per heavy atom. The summed E-state index contributed by atoms with van der Waals surface area (Å²) in [6, 6.07) is 7.01. The molecule has 1 saturated heterocycles. The summed E-state index contributed by atoms with van der Waals surface area (Å²) in [5.41, 5.74) is 0.506. The number of carbonyl (C=O) groups is 2. The Hall–Kier alpha value is -2.24. The molecule has 0 bridgehead atoms. The van der Waals surface area contributed by atoms with Crippen molar-refractivity contribution < 1.29 is 19.4 Å². The first-order chi connectivity index (χ1) is 11.2. The van der Waals surface area contributed by atoms with E-state index in [2.05, 4.69) is 5.32 Å². The molecule has 0 spiro atoms. The number of carboxylic acid groups (broad SMARTS) is 1. The highest BCUT2D eigenvalue weighted by molar-refractivity contribution is 5.92. The number of ether oxygens (including phenoxy) is 1. The van der Waals surface area contributed by atoms with Crippen molar-refractivity contribution in [2.45, 2.75) is 39.7 Å². The smallest absolute Gasteiger partial charge is 0.407 e. The van der Waals surface area contributed by atoms with Crippen molar-refractivity contribution in [3.8, 4) is 5.75 Å². The van der Waals surface area contributed by atoms with Gasteiger partial charge in [0.2, 0.25) is 5.91 Å². The zero-order valence-corrected chi connectivity index (χ0v) is 14.7. The lowest BCUT2D eigenvalue weighted by Crippen LogP contribution is -2.53. The predicted molar refractivity (Wildman–Crippen MR) is 92.3 cm³/mol. The number of piperidine rings is 1. The average Bonchev–Trinajstić information content (AvgIpc) is 2.54. The topological polar surface area (TPSA) is 78.9 Å². The summed E-state index contributed by atoms with van der Waals surface area (Å²) in [6.07, 6.45) is 0.169. The van der Waals surface area contributed by atoms with E-state index in [1.165, 1.54) is 4.90 Å². The molecule has 2 rings (SSSR count). The first-order valence-corrected chi connectivity index (χ1v) is 8.17. The minimum atomic E-state index is -0.913. The molecule has 0 aromatic heterocycles. The van der Waals surface area contributed by atoms with E-state index in [1.54, 1.807) is 31.4 Å². The van der Waals surface area contributed by atoms with E-state index in [4.69, 9.17) is 4.74 Å². The Kier molecular flexibility index (Phi) is 5.36. The van der Waals surface area contributed by atoms with Gasteiger partial charge in [-0.3, -0.25) is 4.79 Å². The summed E-state index contributed by atoms with van der Waals surface area (Å²) < 4.78 is 5.10. The highest BCUT2D eigenvalue weighted by Crippen LogP contribution is 2.35. The molecular formula is C18H26N2O4. The van der Waals surface area contributed by atoms with E-state index in [0.717, 1.165) is 5.75 Å². The number of nitrogens with zero attached hydrogens (tertiary/aromatic N) is 1. The van der Waals surface area contributed by atoms with Crippen molar-refractivity contribution in [3.63, 3.8) is 0 Å². The normalized spacial score (nSPS) is 21.2. The van der Waals surface area contributed by atoms with E-state index in [-0.39, 0.29) is 23.3 Å². The molecule has 1 aromatic rings. The van der Waals surface area contributed by atoms with Gasteiger partial charge in [0, 0.05) is 24.2 Å². The van der Waals surface area contributed by atoms with Gasteiger partial charge in [-0.1, -0.05) is 20.8 Å². The Bertz CT molecular complexity index is 592. The number of hydrogen-bond donors (Lipinski definition) is 2. The molecule has 1 aliphatic rings. The van der Waals surface area contributed by atoms with Crippen LogP contribution in [-0.4, -0.2) is 41.7 Å². The van der Waals surface area contributed by atoms with Crippen LogP contribution in [0.1, 0.15) is 33.6 Å². The van der Waals surface area contributed by atoms with Gasteiger partial charge in [-0.2, -0.15) is 0 Å². The zero-order valence-electron chi connectivity index (χ0n) is 14.7. The quantitative estimate of drug-likeness (QED) is 0.887. The molecule has 132 valence electrons. The summed E-state index contributed by atoms with van der Waals surface area (Å²) in [7, 11) is 1.59. The third-order valence-electron chi connectivity index (χ3n) is 4.58. The van der Waals surface area contributed by atoms with Crippen molar-refractivity contribution in [1.82, 2.24) is 4.90 Å². The largest absolute Gasteiger partial charge is 0.497 e. The number of nitrogens with one attached hydrogen (secondary N) is 1.